The number of anilines is 3. The third kappa shape index (κ3) is 14.7. The van der Waals surface area contributed by atoms with Crippen molar-refractivity contribution < 1.29 is 43.9 Å². The van der Waals surface area contributed by atoms with Crippen molar-refractivity contribution in [2.75, 3.05) is 16.0 Å². The first kappa shape index (κ1) is 49.5. The number of carbonyl (C=O) groups is 3. The fourth-order valence-electron chi connectivity index (χ4n) is 7.49. The quantitative estimate of drug-likeness (QED) is 0.0269. The number of hydrogen-bond donors (Lipinski definition) is 6. The van der Waals surface area contributed by atoms with Crippen LogP contribution in [0.25, 0.3) is 0 Å². The SMILES string of the molecule is CCC(CCC(CC)(Nc1ccccc1)Oc1nc(OC(CC)(CCC(CC)C(=O)O)Nc2ccccc2)nc(OC(CC)(CCC(CC)C(=O)O)Nc2ccccc2)n1)C(=O)O. The van der Waals surface area contributed by atoms with Gasteiger partial charge in [-0.2, -0.15) is 0 Å². The summed E-state index contributed by atoms with van der Waals surface area (Å²) < 4.78 is 20.4. The van der Waals surface area contributed by atoms with Gasteiger partial charge in [0.05, 0.1) is 17.8 Å². The van der Waals surface area contributed by atoms with E-state index in [0.29, 0.717) is 38.5 Å². The molecule has 0 aliphatic rings. The summed E-state index contributed by atoms with van der Waals surface area (Å²) in [6.07, 6.45) is 3.95. The highest BCUT2D eigenvalue weighted by atomic mass is 16.6. The predicted molar refractivity (Wildman–Crippen MR) is 243 cm³/mol. The lowest BCUT2D eigenvalue weighted by atomic mass is 9.94. The van der Waals surface area contributed by atoms with E-state index < -0.39 is 52.8 Å². The highest BCUT2D eigenvalue weighted by molar-refractivity contribution is 5.70. The molecule has 342 valence electrons. The van der Waals surface area contributed by atoms with Crippen molar-refractivity contribution in [3.05, 3.63) is 91.0 Å². The van der Waals surface area contributed by atoms with E-state index in [4.69, 9.17) is 29.2 Å². The monoisotopic (exact) mass is 870 g/mol. The smallest absolute Gasteiger partial charge is 0.327 e. The fraction of sp³-hybridized carbons (Fsp3) is 0.500. The van der Waals surface area contributed by atoms with E-state index in [9.17, 15) is 29.7 Å². The minimum atomic E-state index is -1.22. The second kappa shape index (κ2) is 23.9. The summed E-state index contributed by atoms with van der Waals surface area (Å²) >= 11 is 0. The first-order valence-corrected chi connectivity index (χ1v) is 22.3. The number of ether oxygens (including phenoxy) is 3. The lowest BCUT2D eigenvalue weighted by Gasteiger charge is -2.37. The largest absolute Gasteiger partial charge is 0.481 e. The van der Waals surface area contributed by atoms with Gasteiger partial charge in [-0.05, 0) is 74.9 Å². The zero-order valence-electron chi connectivity index (χ0n) is 37.5. The molecular weight excluding hydrogens is 805 g/mol. The number of carboxylic acids is 3. The van der Waals surface area contributed by atoms with Crippen molar-refractivity contribution in [3.8, 4) is 18.0 Å². The van der Waals surface area contributed by atoms with Crippen LogP contribution in [-0.4, -0.2) is 65.4 Å². The topological polar surface area (TPSA) is 214 Å². The lowest BCUT2D eigenvalue weighted by Crippen LogP contribution is -2.47. The highest BCUT2D eigenvalue weighted by Gasteiger charge is 2.39. The van der Waals surface area contributed by atoms with E-state index in [-0.39, 0.29) is 56.6 Å². The molecule has 6 unspecified atom stereocenters. The van der Waals surface area contributed by atoms with Crippen molar-refractivity contribution in [1.29, 1.82) is 0 Å². The van der Waals surface area contributed by atoms with E-state index in [1.165, 1.54) is 0 Å². The van der Waals surface area contributed by atoms with Crippen LogP contribution < -0.4 is 30.2 Å². The molecule has 1 heterocycles. The van der Waals surface area contributed by atoms with Gasteiger partial charge in [-0.1, -0.05) is 96.1 Å². The van der Waals surface area contributed by atoms with Gasteiger partial charge in [0.15, 0.2) is 17.2 Å². The molecule has 0 aliphatic heterocycles. The van der Waals surface area contributed by atoms with Crippen molar-refractivity contribution >= 4 is 35.0 Å². The van der Waals surface area contributed by atoms with Crippen molar-refractivity contribution in [1.82, 2.24) is 15.0 Å². The Bertz CT molecular complexity index is 1770. The Morgan fingerprint density at radius 1 is 0.460 bits per heavy atom. The number of aromatic nitrogens is 3. The Hall–Kier alpha value is -6.12. The molecular formula is C48H66N6O9. The second-order valence-electron chi connectivity index (χ2n) is 16.0. The first-order chi connectivity index (χ1) is 30.2. The van der Waals surface area contributed by atoms with Gasteiger partial charge in [0, 0.05) is 55.6 Å². The third-order valence-corrected chi connectivity index (χ3v) is 11.8. The van der Waals surface area contributed by atoms with Crippen LogP contribution in [0.4, 0.5) is 17.1 Å². The number of para-hydroxylation sites is 3. The molecule has 6 N–H and O–H groups in total. The molecule has 0 saturated carbocycles. The molecule has 4 aromatic rings. The molecule has 0 bridgehead atoms. The summed E-state index contributed by atoms with van der Waals surface area (Å²) in [5, 5.41) is 40.5. The van der Waals surface area contributed by atoms with Crippen LogP contribution in [0, 0.1) is 17.8 Å². The van der Waals surface area contributed by atoms with Crippen LogP contribution in [0.3, 0.4) is 0 Å². The minimum absolute atomic E-state index is 0.174. The summed E-state index contributed by atoms with van der Waals surface area (Å²) in [6.45, 7) is 11.3. The molecule has 1 aromatic heterocycles. The Labute approximate surface area is 371 Å². The van der Waals surface area contributed by atoms with Gasteiger partial charge < -0.3 is 45.5 Å². The van der Waals surface area contributed by atoms with E-state index >= 15 is 0 Å². The van der Waals surface area contributed by atoms with Gasteiger partial charge in [0.25, 0.3) is 0 Å². The molecule has 15 heteroatoms. The second-order valence-corrected chi connectivity index (χ2v) is 16.0. The summed E-state index contributed by atoms with van der Waals surface area (Å²) in [5.41, 5.74) is -1.48. The fourth-order valence-corrected chi connectivity index (χ4v) is 7.49. The molecule has 0 radical (unpaired) electrons. The molecule has 0 saturated heterocycles. The highest BCUT2D eigenvalue weighted by Crippen LogP contribution is 2.35. The Morgan fingerprint density at radius 3 is 0.889 bits per heavy atom. The zero-order valence-corrected chi connectivity index (χ0v) is 37.5. The number of aliphatic carboxylic acids is 3. The summed E-state index contributed by atoms with van der Waals surface area (Å²) in [6, 6.07) is 27.7. The van der Waals surface area contributed by atoms with E-state index in [2.05, 4.69) is 16.0 Å². The van der Waals surface area contributed by atoms with Crippen LogP contribution in [0.5, 0.6) is 18.0 Å². The van der Waals surface area contributed by atoms with Gasteiger partial charge in [0.1, 0.15) is 0 Å². The summed E-state index contributed by atoms with van der Waals surface area (Å²) in [5.74, 6) is -4.61. The maximum Gasteiger partial charge on any atom is 0.327 e. The average molecular weight is 871 g/mol. The third-order valence-electron chi connectivity index (χ3n) is 11.8. The van der Waals surface area contributed by atoms with Crippen molar-refractivity contribution in [3.63, 3.8) is 0 Å². The molecule has 6 atom stereocenters. The summed E-state index contributed by atoms with van der Waals surface area (Å²) in [7, 11) is 0. The molecule has 3 aromatic carbocycles. The predicted octanol–water partition coefficient (Wildman–Crippen LogP) is 10.3. The Balaban J connectivity index is 1.91. The van der Waals surface area contributed by atoms with Crippen LogP contribution in [0.2, 0.25) is 0 Å². The van der Waals surface area contributed by atoms with Crippen LogP contribution in [-0.2, 0) is 14.4 Å². The van der Waals surface area contributed by atoms with Crippen molar-refractivity contribution in [2.45, 2.75) is 136 Å². The Morgan fingerprint density at radius 2 is 0.698 bits per heavy atom. The van der Waals surface area contributed by atoms with Gasteiger partial charge in [-0.25, -0.2) is 0 Å². The molecule has 63 heavy (non-hydrogen) atoms. The zero-order chi connectivity index (χ0) is 45.9. The molecule has 0 amide bonds. The number of benzene rings is 3. The number of rotatable bonds is 30. The maximum absolute atomic E-state index is 12.2. The number of nitrogens with one attached hydrogen (secondary N) is 3. The molecule has 0 aliphatic carbocycles. The van der Waals surface area contributed by atoms with Crippen molar-refractivity contribution in [2.24, 2.45) is 17.8 Å². The first-order valence-electron chi connectivity index (χ1n) is 22.3. The van der Waals surface area contributed by atoms with Crippen LogP contribution in [0.1, 0.15) is 119 Å². The van der Waals surface area contributed by atoms with Crippen LogP contribution >= 0.6 is 0 Å². The van der Waals surface area contributed by atoms with Crippen LogP contribution in [0.15, 0.2) is 91.0 Å². The van der Waals surface area contributed by atoms with Gasteiger partial charge in [-0.15, -0.1) is 15.0 Å². The number of carboxylic acid groups (broad SMARTS) is 3. The van der Waals surface area contributed by atoms with Gasteiger partial charge in [0.2, 0.25) is 0 Å². The molecule has 0 spiro atoms. The maximum atomic E-state index is 12.2. The molecule has 0 fully saturated rings. The average Bonchev–Trinajstić information content (AvgIpc) is 3.27. The van der Waals surface area contributed by atoms with Gasteiger partial charge >= 0.3 is 35.9 Å². The van der Waals surface area contributed by atoms with E-state index in [0.717, 1.165) is 17.1 Å². The molecule has 15 nitrogen and oxygen atoms in total. The summed E-state index contributed by atoms with van der Waals surface area (Å²) in [4.78, 5) is 50.9. The standard InChI is InChI=1S/C48H66N6O9/c1-7-34(40(55)56)28-31-46(10-4,52-37-22-16-13-17-23-37)61-43-49-44(62-47(11-5,32-29-35(8-2)41(57)58)53-38-24-18-14-19-25-38)51-45(50-43)63-48(12-6,33-30-36(9-3)42(59)60)54-39-26-20-15-21-27-39/h13-27,34-36,52-54H,7-12,28-33H2,1-6H3,(H,55,56)(H,57,58)(H,59,60). The normalized spacial score (nSPS) is 15.5. The number of nitrogens with zero attached hydrogens (tertiary/aromatic N) is 3. The lowest BCUT2D eigenvalue weighted by molar-refractivity contribution is -0.143. The molecule has 4 rings (SSSR count). The van der Waals surface area contributed by atoms with Gasteiger partial charge in [-0.3, -0.25) is 14.4 Å². The Kier molecular flexibility index (Phi) is 18.8. The minimum Gasteiger partial charge on any atom is -0.481 e. The van der Waals surface area contributed by atoms with E-state index in [1.54, 1.807) is 0 Å². The number of hydrogen-bond acceptors (Lipinski definition) is 12. The van der Waals surface area contributed by atoms with E-state index in [1.807, 2.05) is 133 Å².